The molecular formula is C25H29N3O5. The Morgan fingerprint density at radius 1 is 1.09 bits per heavy atom. The molecule has 1 N–H and O–H groups in total. The van der Waals surface area contributed by atoms with Crippen molar-refractivity contribution in [3.63, 3.8) is 0 Å². The highest BCUT2D eigenvalue weighted by Gasteiger charge is 2.33. The molecule has 4 rings (SSSR count). The zero-order valence-corrected chi connectivity index (χ0v) is 19.0. The maximum atomic E-state index is 13.2. The molecule has 1 fully saturated rings. The van der Waals surface area contributed by atoms with Gasteiger partial charge in [-0.3, -0.25) is 9.69 Å². The van der Waals surface area contributed by atoms with Crippen molar-refractivity contribution >= 4 is 29.3 Å². The van der Waals surface area contributed by atoms with Crippen LogP contribution in [0, 0.1) is 5.92 Å². The summed E-state index contributed by atoms with van der Waals surface area (Å²) in [4.78, 5) is 41.5. The van der Waals surface area contributed by atoms with Gasteiger partial charge in [0, 0.05) is 24.7 Å². The first kappa shape index (κ1) is 22.6. The standard InChI is InChI=1S/C25H29N3O5/c1-3-32-24(30)19-7-6-8-20(15-19)26-23(29)18-11-13-27(14-12-18)25(31)28-16-17(2)33-22-10-5-4-9-21(22)28/h4-10,15,17-18H,3,11-14,16H2,1-2H3,(H,26,29)/t17-/m0/s1. The van der Waals surface area contributed by atoms with Gasteiger partial charge in [-0.1, -0.05) is 18.2 Å². The molecule has 3 amide bonds. The van der Waals surface area contributed by atoms with E-state index in [1.807, 2.05) is 31.2 Å². The zero-order valence-electron chi connectivity index (χ0n) is 19.0. The first-order valence-electron chi connectivity index (χ1n) is 11.4. The fourth-order valence-electron chi connectivity index (χ4n) is 4.26. The number of fused-ring (bicyclic) bond motifs is 1. The second kappa shape index (κ2) is 9.94. The minimum atomic E-state index is -0.417. The Labute approximate surface area is 193 Å². The van der Waals surface area contributed by atoms with E-state index >= 15 is 0 Å². The topological polar surface area (TPSA) is 88.2 Å². The average Bonchev–Trinajstić information content (AvgIpc) is 2.83. The lowest BCUT2D eigenvalue weighted by molar-refractivity contribution is -0.121. The van der Waals surface area contributed by atoms with Crippen molar-refractivity contribution in [1.29, 1.82) is 0 Å². The summed E-state index contributed by atoms with van der Waals surface area (Å²) >= 11 is 0. The Bertz CT molecular complexity index is 1030. The average molecular weight is 452 g/mol. The number of nitrogens with zero attached hydrogens (tertiary/aromatic N) is 2. The maximum Gasteiger partial charge on any atom is 0.338 e. The van der Waals surface area contributed by atoms with Crippen molar-refractivity contribution in [3.05, 3.63) is 54.1 Å². The Balaban J connectivity index is 1.35. The monoisotopic (exact) mass is 451 g/mol. The highest BCUT2D eigenvalue weighted by atomic mass is 16.5. The van der Waals surface area contributed by atoms with E-state index < -0.39 is 5.97 Å². The number of carbonyl (C=O) groups is 3. The smallest absolute Gasteiger partial charge is 0.338 e. The first-order valence-corrected chi connectivity index (χ1v) is 11.4. The quantitative estimate of drug-likeness (QED) is 0.712. The molecule has 8 heteroatoms. The molecule has 0 spiro atoms. The van der Waals surface area contributed by atoms with Gasteiger partial charge in [0.2, 0.25) is 5.91 Å². The van der Waals surface area contributed by atoms with E-state index in [0.29, 0.717) is 56.1 Å². The molecule has 1 saturated heterocycles. The van der Waals surface area contributed by atoms with Crippen molar-refractivity contribution in [2.75, 3.05) is 36.5 Å². The number of ether oxygens (including phenoxy) is 2. The van der Waals surface area contributed by atoms with Crippen LogP contribution in [0.15, 0.2) is 48.5 Å². The van der Waals surface area contributed by atoms with Gasteiger partial charge >= 0.3 is 12.0 Å². The van der Waals surface area contributed by atoms with Gasteiger partial charge in [0.1, 0.15) is 11.9 Å². The third-order valence-electron chi connectivity index (χ3n) is 5.93. The molecule has 0 aliphatic carbocycles. The number of amides is 3. The number of piperidine rings is 1. The number of likely N-dealkylation sites (tertiary alicyclic amines) is 1. The molecule has 1 atom stereocenters. The highest BCUT2D eigenvalue weighted by molar-refractivity contribution is 5.96. The number of benzene rings is 2. The predicted molar refractivity (Wildman–Crippen MR) is 125 cm³/mol. The van der Waals surface area contributed by atoms with E-state index in [-0.39, 0.29) is 24.0 Å². The third-order valence-corrected chi connectivity index (χ3v) is 5.93. The predicted octanol–water partition coefficient (Wildman–Crippen LogP) is 3.92. The van der Waals surface area contributed by atoms with Gasteiger partial charge < -0.3 is 19.7 Å². The molecule has 8 nitrogen and oxygen atoms in total. The summed E-state index contributed by atoms with van der Waals surface area (Å²) in [6, 6.07) is 14.2. The van der Waals surface area contributed by atoms with Crippen LogP contribution in [0.3, 0.4) is 0 Å². The van der Waals surface area contributed by atoms with Crippen LogP contribution in [0.25, 0.3) is 0 Å². The number of nitrogens with one attached hydrogen (secondary N) is 1. The summed E-state index contributed by atoms with van der Waals surface area (Å²) in [7, 11) is 0. The molecule has 0 saturated carbocycles. The van der Waals surface area contributed by atoms with Crippen LogP contribution < -0.4 is 15.0 Å². The van der Waals surface area contributed by atoms with E-state index in [9.17, 15) is 14.4 Å². The summed E-state index contributed by atoms with van der Waals surface area (Å²) in [5.41, 5.74) is 1.74. The van der Waals surface area contributed by atoms with Gasteiger partial charge in [-0.15, -0.1) is 0 Å². The number of rotatable bonds is 4. The molecule has 2 aliphatic heterocycles. The fraction of sp³-hybridized carbons (Fsp3) is 0.400. The van der Waals surface area contributed by atoms with Crippen LogP contribution in [-0.2, 0) is 9.53 Å². The minimum absolute atomic E-state index is 0.0569. The number of carbonyl (C=O) groups excluding carboxylic acids is 3. The molecular weight excluding hydrogens is 422 g/mol. The Kier molecular flexibility index (Phi) is 6.82. The normalized spacial score (nSPS) is 18.2. The lowest BCUT2D eigenvalue weighted by Crippen LogP contribution is -2.51. The molecule has 2 aromatic rings. The number of para-hydroxylation sites is 2. The Morgan fingerprint density at radius 3 is 2.61 bits per heavy atom. The highest BCUT2D eigenvalue weighted by Crippen LogP contribution is 2.34. The molecule has 2 heterocycles. The zero-order chi connectivity index (χ0) is 23.4. The van der Waals surface area contributed by atoms with Gasteiger partial charge in [-0.2, -0.15) is 0 Å². The van der Waals surface area contributed by atoms with Gasteiger partial charge in [-0.05, 0) is 57.0 Å². The SMILES string of the molecule is CCOC(=O)c1cccc(NC(=O)C2CCN(C(=O)N3C[C@H](C)Oc4ccccc43)CC2)c1. The largest absolute Gasteiger partial charge is 0.487 e. The lowest BCUT2D eigenvalue weighted by atomic mass is 9.96. The lowest BCUT2D eigenvalue weighted by Gasteiger charge is -2.39. The second-order valence-electron chi connectivity index (χ2n) is 8.34. The van der Waals surface area contributed by atoms with Gasteiger partial charge in [0.05, 0.1) is 24.4 Å². The van der Waals surface area contributed by atoms with Crippen molar-refractivity contribution in [2.24, 2.45) is 5.92 Å². The molecule has 0 aromatic heterocycles. The number of anilines is 2. The first-order chi connectivity index (χ1) is 16.0. The maximum absolute atomic E-state index is 13.2. The van der Waals surface area contributed by atoms with Crippen molar-refractivity contribution in [1.82, 2.24) is 4.90 Å². The minimum Gasteiger partial charge on any atom is -0.487 e. The molecule has 2 aliphatic rings. The fourth-order valence-corrected chi connectivity index (χ4v) is 4.26. The van der Waals surface area contributed by atoms with Gasteiger partial charge in [0.15, 0.2) is 0 Å². The summed E-state index contributed by atoms with van der Waals surface area (Å²) in [6.45, 7) is 5.50. The van der Waals surface area contributed by atoms with Crippen LogP contribution in [0.4, 0.5) is 16.2 Å². The molecule has 0 unspecified atom stereocenters. The van der Waals surface area contributed by atoms with Crippen LogP contribution in [0.5, 0.6) is 5.75 Å². The number of hydrogen-bond donors (Lipinski definition) is 1. The number of urea groups is 1. The van der Waals surface area contributed by atoms with Crippen LogP contribution in [-0.4, -0.2) is 55.2 Å². The van der Waals surface area contributed by atoms with E-state index in [1.165, 1.54) is 0 Å². The van der Waals surface area contributed by atoms with Crippen molar-refractivity contribution in [3.8, 4) is 5.75 Å². The summed E-state index contributed by atoms with van der Waals surface area (Å²) in [6.07, 6.45) is 1.07. The molecule has 174 valence electrons. The van der Waals surface area contributed by atoms with Crippen molar-refractivity contribution < 1.29 is 23.9 Å². The number of hydrogen-bond acceptors (Lipinski definition) is 5. The molecule has 33 heavy (non-hydrogen) atoms. The van der Waals surface area contributed by atoms with E-state index in [4.69, 9.17) is 9.47 Å². The van der Waals surface area contributed by atoms with Crippen molar-refractivity contribution in [2.45, 2.75) is 32.8 Å². The summed E-state index contributed by atoms with van der Waals surface area (Å²) in [5, 5.41) is 2.90. The van der Waals surface area contributed by atoms with E-state index in [0.717, 1.165) is 5.69 Å². The van der Waals surface area contributed by atoms with Crippen LogP contribution >= 0.6 is 0 Å². The van der Waals surface area contributed by atoms with E-state index in [1.54, 1.807) is 41.0 Å². The third kappa shape index (κ3) is 5.10. The Hall–Kier alpha value is -3.55. The molecule has 2 aromatic carbocycles. The summed E-state index contributed by atoms with van der Waals surface area (Å²) < 4.78 is 10.9. The Morgan fingerprint density at radius 2 is 1.85 bits per heavy atom. The molecule has 0 radical (unpaired) electrons. The number of esters is 1. The van der Waals surface area contributed by atoms with Gasteiger partial charge in [0.25, 0.3) is 0 Å². The van der Waals surface area contributed by atoms with E-state index in [2.05, 4.69) is 5.32 Å². The molecule has 0 bridgehead atoms. The summed E-state index contributed by atoms with van der Waals surface area (Å²) in [5.74, 6) is -0.00650. The van der Waals surface area contributed by atoms with Crippen LogP contribution in [0.2, 0.25) is 0 Å². The van der Waals surface area contributed by atoms with Crippen LogP contribution in [0.1, 0.15) is 37.0 Å². The van der Waals surface area contributed by atoms with Gasteiger partial charge in [-0.25, -0.2) is 9.59 Å². The second-order valence-corrected chi connectivity index (χ2v) is 8.34.